The van der Waals surface area contributed by atoms with Gasteiger partial charge in [-0.3, -0.25) is 9.80 Å². The third kappa shape index (κ3) is 2.67. The van der Waals surface area contributed by atoms with Crippen LogP contribution in [0.25, 0.3) is 0 Å². The first kappa shape index (κ1) is 11.9. The van der Waals surface area contributed by atoms with Crippen molar-refractivity contribution < 1.29 is 0 Å². The Kier molecular flexibility index (Phi) is 3.18. The molecule has 2 heterocycles. The quantitative estimate of drug-likeness (QED) is 0.803. The second kappa shape index (κ2) is 4.52. The molecule has 2 saturated heterocycles. The minimum absolute atomic E-state index is 0.0633. The van der Waals surface area contributed by atoms with Crippen LogP contribution in [-0.2, 0) is 0 Å². The summed E-state index contributed by atoms with van der Waals surface area (Å²) in [7, 11) is 0. The van der Waals surface area contributed by atoms with Crippen molar-refractivity contribution in [2.45, 2.75) is 50.6 Å². The van der Waals surface area contributed by atoms with Crippen molar-refractivity contribution >= 4 is 0 Å². The molecule has 1 aliphatic carbocycles. The van der Waals surface area contributed by atoms with Crippen molar-refractivity contribution in [2.24, 2.45) is 11.7 Å². The molecule has 3 heteroatoms. The van der Waals surface area contributed by atoms with Crippen molar-refractivity contribution in [3.05, 3.63) is 0 Å². The summed E-state index contributed by atoms with van der Waals surface area (Å²) in [5, 5.41) is 0. The molecular weight excluding hydrogens is 210 g/mol. The normalized spacial score (nSPS) is 35.3. The van der Waals surface area contributed by atoms with E-state index >= 15 is 0 Å². The molecular formula is C14H27N3. The molecule has 0 aromatic heterocycles. The fourth-order valence-electron chi connectivity index (χ4n) is 3.78. The van der Waals surface area contributed by atoms with Crippen molar-refractivity contribution in [3.63, 3.8) is 0 Å². The summed E-state index contributed by atoms with van der Waals surface area (Å²) in [5.41, 5.74) is 6.55. The van der Waals surface area contributed by atoms with E-state index in [-0.39, 0.29) is 5.54 Å². The Labute approximate surface area is 105 Å². The summed E-state index contributed by atoms with van der Waals surface area (Å²) in [6.45, 7) is 8.54. The molecule has 2 aliphatic heterocycles. The van der Waals surface area contributed by atoms with Gasteiger partial charge in [-0.15, -0.1) is 0 Å². The highest BCUT2D eigenvalue weighted by Gasteiger charge is 2.40. The zero-order chi connectivity index (χ0) is 11.9. The molecule has 0 amide bonds. The smallest absolute Gasteiger partial charge is 0.0283 e. The maximum Gasteiger partial charge on any atom is 0.0283 e. The molecule has 2 atom stereocenters. The third-order valence-corrected chi connectivity index (χ3v) is 4.96. The maximum atomic E-state index is 6.49. The highest BCUT2D eigenvalue weighted by atomic mass is 15.3. The Balaban J connectivity index is 1.59. The van der Waals surface area contributed by atoms with E-state index in [0.29, 0.717) is 0 Å². The van der Waals surface area contributed by atoms with Crippen LogP contribution in [0.5, 0.6) is 0 Å². The molecule has 3 fully saturated rings. The lowest BCUT2D eigenvalue weighted by Gasteiger charge is -2.33. The molecule has 3 nitrogen and oxygen atoms in total. The van der Waals surface area contributed by atoms with Gasteiger partial charge in [0.15, 0.2) is 0 Å². The van der Waals surface area contributed by atoms with Crippen LogP contribution in [0.3, 0.4) is 0 Å². The zero-order valence-electron chi connectivity index (χ0n) is 11.2. The average molecular weight is 237 g/mol. The van der Waals surface area contributed by atoms with E-state index in [2.05, 4.69) is 16.7 Å². The summed E-state index contributed by atoms with van der Waals surface area (Å²) in [4.78, 5) is 5.35. The van der Waals surface area contributed by atoms with Crippen LogP contribution in [-0.4, -0.2) is 54.1 Å². The molecule has 0 aromatic carbocycles. The van der Waals surface area contributed by atoms with Crippen molar-refractivity contribution in [2.75, 3.05) is 32.7 Å². The summed E-state index contributed by atoms with van der Waals surface area (Å²) >= 11 is 0. The second-order valence-corrected chi connectivity index (χ2v) is 6.70. The molecule has 2 unspecified atom stereocenters. The minimum Gasteiger partial charge on any atom is -0.324 e. The predicted molar refractivity (Wildman–Crippen MR) is 71.0 cm³/mol. The lowest BCUT2D eigenvalue weighted by Crippen LogP contribution is -2.51. The van der Waals surface area contributed by atoms with Crippen LogP contribution in [0.15, 0.2) is 0 Å². The van der Waals surface area contributed by atoms with Crippen LogP contribution >= 0.6 is 0 Å². The van der Waals surface area contributed by atoms with Gasteiger partial charge in [0.1, 0.15) is 0 Å². The number of hydrogen-bond acceptors (Lipinski definition) is 3. The second-order valence-electron chi connectivity index (χ2n) is 6.70. The summed E-state index contributed by atoms with van der Waals surface area (Å²) < 4.78 is 0. The van der Waals surface area contributed by atoms with Crippen LogP contribution in [0, 0.1) is 5.92 Å². The van der Waals surface area contributed by atoms with E-state index in [1.165, 1.54) is 58.3 Å². The molecule has 3 aliphatic rings. The molecule has 0 spiro atoms. The van der Waals surface area contributed by atoms with Crippen LogP contribution in [0.2, 0.25) is 0 Å². The number of hydrogen-bond donors (Lipinski definition) is 1. The third-order valence-electron chi connectivity index (χ3n) is 4.96. The number of nitrogens with zero attached hydrogens (tertiary/aromatic N) is 2. The molecule has 2 N–H and O–H groups in total. The topological polar surface area (TPSA) is 32.5 Å². The van der Waals surface area contributed by atoms with Crippen molar-refractivity contribution in [3.8, 4) is 0 Å². The molecule has 1 saturated carbocycles. The first-order valence-electron chi connectivity index (χ1n) is 7.40. The molecule has 98 valence electrons. The molecule has 0 aromatic rings. The lowest BCUT2D eigenvalue weighted by molar-refractivity contribution is 0.180. The fraction of sp³-hybridized carbons (Fsp3) is 1.00. The predicted octanol–water partition coefficient (Wildman–Crippen LogP) is 1.28. The van der Waals surface area contributed by atoms with E-state index in [4.69, 9.17) is 5.73 Å². The van der Waals surface area contributed by atoms with E-state index in [9.17, 15) is 0 Å². The van der Waals surface area contributed by atoms with Gasteiger partial charge < -0.3 is 5.73 Å². The van der Waals surface area contributed by atoms with Gasteiger partial charge >= 0.3 is 0 Å². The molecule has 17 heavy (non-hydrogen) atoms. The number of fused-ring (bicyclic) bond motifs is 1. The van der Waals surface area contributed by atoms with E-state index in [1.54, 1.807) is 0 Å². The van der Waals surface area contributed by atoms with Crippen LogP contribution in [0.4, 0.5) is 0 Å². The first-order valence-corrected chi connectivity index (χ1v) is 7.40. The minimum atomic E-state index is 0.0633. The number of nitrogens with two attached hydrogens (primary N) is 1. The van der Waals surface area contributed by atoms with Gasteiger partial charge in [0.2, 0.25) is 0 Å². The Bertz CT molecular complexity index is 273. The van der Waals surface area contributed by atoms with Crippen molar-refractivity contribution in [1.82, 2.24) is 9.80 Å². The molecule has 0 radical (unpaired) electrons. The average Bonchev–Trinajstić information content (AvgIpc) is 3.05. The summed E-state index contributed by atoms with van der Waals surface area (Å²) in [6, 6.07) is 0.826. The first-order chi connectivity index (χ1) is 8.15. The molecule has 3 rings (SSSR count). The van der Waals surface area contributed by atoms with Gasteiger partial charge in [-0.1, -0.05) is 0 Å². The van der Waals surface area contributed by atoms with Gasteiger partial charge in [-0.25, -0.2) is 0 Å². The van der Waals surface area contributed by atoms with Gasteiger partial charge in [0, 0.05) is 24.7 Å². The van der Waals surface area contributed by atoms with Gasteiger partial charge in [0.25, 0.3) is 0 Å². The van der Waals surface area contributed by atoms with E-state index in [0.717, 1.165) is 18.5 Å². The van der Waals surface area contributed by atoms with Crippen LogP contribution in [0.1, 0.15) is 39.0 Å². The Morgan fingerprint density at radius 2 is 1.88 bits per heavy atom. The Hall–Kier alpha value is -0.120. The largest absolute Gasteiger partial charge is 0.324 e. The SMILES string of the molecule is CC(N)(CN1CCCN2CCCC2C1)C1CC1. The van der Waals surface area contributed by atoms with Gasteiger partial charge in [-0.2, -0.15) is 0 Å². The van der Waals surface area contributed by atoms with Crippen molar-refractivity contribution in [1.29, 1.82) is 0 Å². The zero-order valence-corrected chi connectivity index (χ0v) is 11.2. The standard InChI is InChI=1S/C14H27N3/c1-14(15,12-5-6-12)11-16-7-3-9-17-8-2-4-13(17)10-16/h12-13H,2-11,15H2,1H3. The van der Waals surface area contributed by atoms with Crippen LogP contribution < -0.4 is 5.73 Å². The number of rotatable bonds is 3. The van der Waals surface area contributed by atoms with Gasteiger partial charge in [0.05, 0.1) is 0 Å². The fourth-order valence-corrected chi connectivity index (χ4v) is 3.78. The monoisotopic (exact) mass is 237 g/mol. The maximum absolute atomic E-state index is 6.49. The summed E-state index contributed by atoms with van der Waals surface area (Å²) in [6.07, 6.45) is 6.85. The van der Waals surface area contributed by atoms with Gasteiger partial charge in [-0.05, 0) is 64.6 Å². The lowest BCUT2D eigenvalue weighted by atomic mass is 9.96. The highest BCUT2D eigenvalue weighted by molar-refractivity contribution is 4.98. The van der Waals surface area contributed by atoms with E-state index in [1.807, 2.05) is 0 Å². The summed E-state index contributed by atoms with van der Waals surface area (Å²) in [5.74, 6) is 0.797. The Morgan fingerprint density at radius 3 is 2.65 bits per heavy atom. The highest BCUT2D eigenvalue weighted by Crippen LogP contribution is 2.38. The van der Waals surface area contributed by atoms with E-state index < -0.39 is 0 Å². The molecule has 0 bridgehead atoms. The Morgan fingerprint density at radius 1 is 1.12 bits per heavy atom.